The van der Waals surface area contributed by atoms with E-state index >= 15 is 0 Å². The van der Waals surface area contributed by atoms with Gasteiger partial charge in [-0.2, -0.15) is 0 Å². The molecule has 0 radical (unpaired) electrons. The molecule has 4 heteroatoms. The fourth-order valence-electron chi connectivity index (χ4n) is 1.42. The maximum atomic E-state index is 11.9. The Hall–Kier alpha value is -0.800. The van der Waals surface area contributed by atoms with Crippen LogP contribution >= 0.6 is 11.6 Å². The highest BCUT2D eigenvalue weighted by molar-refractivity contribution is 6.32. The highest BCUT2D eigenvalue weighted by Crippen LogP contribution is 2.25. The molecule has 1 aromatic carbocycles. The maximum absolute atomic E-state index is 11.9. The van der Waals surface area contributed by atoms with Crippen molar-refractivity contribution < 1.29 is 9.13 Å². The Labute approximate surface area is 107 Å². The van der Waals surface area contributed by atoms with Crippen LogP contribution in [0.4, 0.5) is 4.39 Å². The summed E-state index contributed by atoms with van der Waals surface area (Å²) in [7, 11) is 0. The van der Waals surface area contributed by atoms with Crippen molar-refractivity contribution in [2.75, 3.05) is 19.8 Å². The molecular weight excluding hydrogens is 241 g/mol. The molecule has 0 spiro atoms. The highest BCUT2D eigenvalue weighted by atomic mass is 35.5. The number of halogens is 2. The van der Waals surface area contributed by atoms with Gasteiger partial charge in [0.05, 0.1) is 18.3 Å². The number of benzene rings is 1. The first kappa shape index (κ1) is 14.3. The minimum Gasteiger partial charge on any atom is -0.492 e. The van der Waals surface area contributed by atoms with Gasteiger partial charge in [0.15, 0.2) is 0 Å². The zero-order valence-electron chi connectivity index (χ0n) is 10.1. The fourth-order valence-corrected chi connectivity index (χ4v) is 1.68. The van der Waals surface area contributed by atoms with E-state index in [0.29, 0.717) is 23.8 Å². The van der Waals surface area contributed by atoms with Crippen LogP contribution in [0.15, 0.2) is 18.2 Å². The summed E-state index contributed by atoms with van der Waals surface area (Å²) in [5.41, 5.74) is 1.13. The zero-order chi connectivity index (χ0) is 12.5. The van der Waals surface area contributed by atoms with Crippen molar-refractivity contribution in [3.05, 3.63) is 28.8 Å². The Morgan fingerprint density at radius 2 is 2.24 bits per heavy atom. The second kappa shape index (κ2) is 8.31. The van der Waals surface area contributed by atoms with Gasteiger partial charge in [-0.15, -0.1) is 0 Å². The molecule has 0 atom stereocenters. The van der Waals surface area contributed by atoms with Crippen LogP contribution in [0.1, 0.15) is 25.3 Å². The number of nitrogens with one attached hydrogen (secondary N) is 1. The van der Waals surface area contributed by atoms with Crippen molar-refractivity contribution in [1.29, 1.82) is 0 Å². The van der Waals surface area contributed by atoms with Gasteiger partial charge in [-0.3, -0.25) is 4.39 Å². The van der Waals surface area contributed by atoms with Gasteiger partial charge in [0.1, 0.15) is 5.75 Å². The predicted molar refractivity (Wildman–Crippen MR) is 69.5 cm³/mol. The first-order valence-electron chi connectivity index (χ1n) is 5.95. The topological polar surface area (TPSA) is 21.3 Å². The van der Waals surface area contributed by atoms with Gasteiger partial charge in [0.25, 0.3) is 0 Å². The predicted octanol–water partition coefficient (Wildman–Crippen LogP) is 3.58. The molecule has 0 unspecified atom stereocenters. The van der Waals surface area contributed by atoms with Crippen molar-refractivity contribution in [1.82, 2.24) is 5.32 Å². The monoisotopic (exact) mass is 259 g/mol. The molecule has 0 heterocycles. The first-order valence-corrected chi connectivity index (χ1v) is 6.33. The molecule has 1 aromatic rings. The molecule has 0 fully saturated rings. The van der Waals surface area contributed by atoms with Crippen molar-refractivity contribution >= 4 is 11.6 Å². The first-order chi connectivity index (χ1) is 8.27. The summed E-state index contributed by atoms with van der Waals surface area (Å²) >= 11 is 6.07. The Bertz CT molecular complexity index is 333. The quantitative estimate of drug-likeness (QED) is 0.721. The standard InChI is InChI=1S/C13H19ClFNO/c1-2-7-16-10-11-4-5-13(12(14)9-11)17-8-3-6-15/h4-5,9,16H,2-3,6-8,10H2,1H3. The lowest BCUT2D eigenvalue weighted by Gasteiger charge is -2.09. The van der Waals surface area contributed by atoms with Crippen LogP contribution in [-0.2, 0) is 6.54 Å². The van der Waals surface area contributed by atoms with E-state index in [4.69, 9.17) is 16.3 Å². The van der Waals surface area contributed by atoms with E-state index in [0.717, 1.165) is 25.1 Å². The second-order valence-electron chi connectivity index (χ2n) is 3.83. The third kappa shape index (κ3) is 5.37. The van der Waals surface area contributed by atoms with Crippen LogP contribution in [-0.4, -0.2) is 19.8 Å². The van der Waals surface area contributed by atoms with E-state index in [1.807, 2.05) is 18.2 Å². The van der Waals surface area contributed by atoms with Crippen molar-refractivity contribution in [2.45, 2.75) is 26.3 Å². The minimum absolute atomic E-state index is 0.364. The molecule has 0 aromatic heterocycles. The van der Waals surface area contributed by atoms with Gasteiger partial charge < -0.3 is 10.1 Å². The van der Waals surface area contributed by atoms with E-state index in [2.05, 4.69) is 12.2 Å². The van der Waals surface area contributed by atoms with E-state index in [9.17, 15) is 4.39 Å². The normalized spacial score (nSPS) is 10.5. The van der Waals surface area contributed by atoms with Gasteiger partial charge in [-0.25, -0.2) is 0 Å². The van der Waals surface area contributed by atoms with Crippen LogP contribution in [0.5, 0.6) is 5.75 Å². The number of ether oxygens (including phenoxy) is 1. The summed E-state index contributed by atoms with van der Waals surface area (Å²) in [6, 6.07) is 5.69. The molecule has 1 N–H and O–H groups in total. The largest absolute Gasteiger partial charge is 0.492 e. The fraction of sp³-hybridized carbons (Fsp3) is 0.538. The zero-order valence-corrected chi connectivity index (χ0v) is 10.9. The Balaban J connectivity index is 2.47. The lowest BCUT2D eigenvalue weighted by atomic mass is 10.2. The summed E-state index contributed by atoms with van der Waals surface area (Å²) < 4.78 is 17.3. The van der Waals surface area contributed by atoms with Crippen molar-refractivity contribution in [2.24, 2.45) is 0 Å². The molecule has 1 rings (SSSR count). The maximum Gasteiger partial charge on any atom is 0.137 e. The van der Waals surface area contributed by atoms with Crippen LogP contribution in [0.25, 0.3) is 0 Å². The van der Waals surface area contributed by atoms with Gasteiger partial charge >= 0.3 is 0 Å². The van der Waals surface area contributed by atoms with Gasteiger partial charge in [-0.1, -0.05) is 24.6 Å². The van der Waals surface area contributed by atoms with E-state index in [1.54, 1.807) is 0 Å². The molecule has 96 valence electrons. The van der Waals surface area contributed by atoms with Gasteiger partial charge in [0, 0.05) is 13.0 Å². The number of hydrogen-bond acceptors (Lipinski definition) is 2. The molecule has 2 nitrogen and oxygen atoms in total. The van der Waals surface area contributed by atoms with Crippen molar-refractivity contribution in [3.63, 3.8) is 0 Å². The van der Waals surface area contributed by atoms with Crippen LogP contribution in [0, 0.1) is 0 Å². The summed E-state index contributed by atoms with van der Waals surface area (Å²) in [4.78, 5) is 0. The Morgan fingerprint density at radius 3 is 2.88 bits per heavy atom. The van der Waals surface area contributed by atoms with Gasteiger partial charge in [0.2, 0.25) is 0 Å². The number of alkyl halides is 1. The summed E-state index contributed by atoms with van der Waals surface area (Å²) in [6.45, 7) is 3.92. The highest BCUT2D eigenvalue weighted by Gasteiger charge is 2.02. The smallest absolute Gasteiger partial charge is 0.137 e. The van der Waals surface area contributed by atoms with Gasteiger partial charge in [-0.05, 0) is 30.7 Å². The average Bonchev–Trinajstić information content (AvgIpc) is 2.32. The van der Waals surface area contributed by atoms with E-state index in [-0.39, 0.29) is 6.67 Å². The van der Waals surface area contributed by atoms with Crippen molar-refractivity contribution in [3.8, 4) is 5.75 Å². The summed E-state index contributed by atoms with van der Waals surface area (Å²) in [5.74, 6) is 0.624. The third-order valence-electron chi connectivity index (χ3n) is 2.29. The average molecular weight is 260 g/mol. The third-order valence-corrected chi connectivity index (χ3v) is 2.58. The number of hydrogen-bond donors (Lipinski definition) is 1. The molecule has 0 aliphatic carbocycles. The lowest BCUT2D eigenvalue weighted by Crippen LogP contribution is -2.13. The molecule has 17 heavy (non-hydrogen) atoms. The molecule has 0 aliphatic heterocycles. The molecular formula is C13H19ClFNO. The lowest BCUT2D eigenvalue weighted by molar-refractivity contribution is 0.290. The SMILES string of the molecule is CCCNCc1ccc(OCCCF)c(Cl)c1. The molecule has 0 bridgehead atoms. The van der Waals surface area contributed by atoms with Crippen LogP contribution in [0.2, 0.25) is 5.02 Å². The second-order valence-corrected chi connectivity index (χ2v) is 4.24. The van der Waals surface area contributed by atoms with Crippen LogP contribution < -0.4 is 10.1 Å². The minimum atomic E-state index is -0.364. The summed E-state index contributed by atoms with van der Waals surface area (Å²) in [6.07, 6.45) is 1.51. The van der Waals surface area contributed by atoms with E-state index < -0.39 is 0 Å². The molecule has 0 amide bonds. The van der Waals surface area contributed by atoms with E-state index in [1.165, 1.54) is 0 Å². The molecule has 0 saturated heterocycles. The molecule has 0 saturated carbocycles. The van der Waals surface area contributed by atoms with Crippen LogP contribution in [0.3, 0.4) is 0 Å². The summed E-state index contributed by atoms with van der Waals surface area (Å²) in [5, 5.41) is 3.88. The Morgan fingerprint density at radius 1 is 1.41 bits per heavy atom. The Kier molecular flexibility index (Phi) is 6.97. The number of rotatable bonds is 8. The molecule has 0 aliphatic rings.